The van der Waals surface area contributed by atoms with Crippen molar-refractivity contribution in [1.29, 1.82) is 0 Å². The van der Waals surface area contributed by atoms with E-state index in [-0.39, 0.29) is 0 Å². The van der Waals surface area contributed by atoms with Crippen LogP contribution in [-0.4, -0.2) is 65.0 Å². The van der Waals surface area contributed by atoms with Crippen LogP contribution >= 0.6 is 11.3 Å². The van der Waals surface area contributed by atoms with E-state index in [4.69, 9.17) is 24.0 Å². The lowest BCUT2D eigenvalue weighted by molar-refractivity contribution is 0.00791. The summed E-state index contributed by atoms with van der Waals surface area (Å²) < 4.78 is 16.2. The van der Waals surface area contributed by atoms with Gasteiger partial charge >= 0.3 is 0 Å². The monoisotopic (exact) mass is 456 g/mol. The van der Waals surface area contributed by atoms with Gasteiger partial charge in [-0.25, -0.2) is 4.98 Å². The van der Waals surface area contributed by atoms with Crippen LogP contribution in [0.15, 0.2) is 17.0 Å². The Morgan fingerprint density at radius 1 is 1.03 bits per heavy atom. The molecule has 0 aromatic carbocycles. The zero-order chi connectivity index (χ0) is 21.3. The topological polar surface area (TPSA) is 97.6 Å². The lowest BCUT2D eigenvalue weighted by atomic mass is 9.90. The summed E-state index contributed by atoms with van der Waals surface area (Å²) in [5.41, 5.74) is 2.09. The van der Waals surface area contributed by atoms with Crippen molar-refractivity contribution in [2.45, 2.75) is 50.8 Å². The minimum absolute atomic E-state index is 0.421. The first kappa shape index (κ1) is 20.3. The molecule has 2 fully saturated rings. The summed E-state index contributed by atoms with van der Waals surface area (Å²) in [5.74, 6) is 1.49. The number of rotatable bonds is 5. The summed E-state index contributed by atoms with van der Waals surface area (Å²) in [6, 6.07) is 1.10. The van der Waals surface area contributed by atoms with Crippen LogP contribution in [0.25, 0.3) is 10.2 Å². The van der Waals surface area contributed by atoms with E-state index in [9.17, 15) is 0 Å². The van der Waals surface area contributed by atoms with Gasteiger partial charge in [0.15, 0.2) is 0 Å². The molecule has 32 heavy (non-hydrogen) atoms. The van der Waals surface area contributed by atoms with Crippen LogP contribution in [0.5, 0.6) is 0 Å². The zero-order valence-corrected chi connectivity index (χ0v) is 18.8. The largest absolute Gasteiger partial charge is 0.379 e. The Kier molecular flexibility index (Phi) is 5.68. The summed E-state index contributed by atoms with van der Waals surface area (Å²) in [5, 5.41) is 11.9. The Hall–Kier alpha value is -2.27. The average molecular weight is 457 g/mol. The molecule has 3 aliphatic rings. The molecule has 0 atom stereocenters. The van der Waals surface area contributed by atoms with Gasteiger partial charge in [-0.05, 0) is 37.7 Å². The molecule has 0 spiro atoms. The van der Waals surface area contributed by atoms with Gasteiger partial charge < -0.3 is 24.6 Å². The highest BCUT2D eigenvalue weighted by molar-refractivity contribution is 7.19. The molecule has 0 unspecified atom stereocenters. The number of ether oxygens (including phenoxy) is 2. The molecule has 1 saturated carbocycles. The molecule has 0 bridgehead atoms. The van der Waals surface area contributed by atoms with Crippen molar-refractivity contribution in [3.05, 3.63) is 22.9 Å². The molecule has 1 saturated heterocycles. The van der Waals surface area contributed by atoms with E-state index in [0.717, 1.165) is 68.5 Å². The quantitative estimate of drug-likeness (QED) is 0.597. The minimum atomic E-state index is 0.421. The molecule has 0 radical (unpaired) electrons. The molecule has 10 heteroatoms. The molecular formula is C22H28N6O3S. The molecule has 170 valence electrons. The van der Waals surface area contributed by atoms with Crippen LogP contribution in [-0.2, 0) is 22.5 Å². The summed E-state index contributed by atoms with van der Waals surface area (Å²) in [6.45, 7) is 5.28. The van der Waals surface area contributed by atoms with Crippen molar-refractivity contribution in [1.82, 2.24) is 20.0 Å². The van der Waals surface area contributed by atoms with Gasteiger partial charge in [0, 0.05) is 30.1 Å². The number of hydrogen-bond acceptors (Lipinski definition) is 10. The summed E-state index contributed by atoms with van der Waals surface area (Å²) in [6.07, 6.45) is 8.83. The van der Waals surface area contributed by atoms with E-state index in [2.05, 4.69) is 20.7 Å². The highest BCUT2D eigenvalue weighted by Gasteiger charge is 2.28. The fourth-order valence-corrected chi connectivity index (χ4v) is 6.26. The van der Waals surface area contributed by atoms with E-state index >= 15 is 0 Å². The molecule has 2 N–H and O–H groups in total. The SMILES string of the molecule is c1nocc1Nc1nc(N[C@H]2CC[C@H](N3CCOCC3)CC2)c2c3c(sc2n1)COCC3. The van der Waals surface area contributed by atoms with Crippen molar-refractivity contribution in [2.24, 2.45) is 0 Å². The van der Waals surface area contributed by atoms with Crippen molar-refractivity contribution in [3.8, 4) is 0 Å². The zero-order valence-electron chi connectivity index (χ0n) is 18.0. The third-order valence-electron chi connectivity index (χ3n) is 6.75. The molecule has 9 nitrogen and oxygen atoms in total. The fourth-order valence-electron chi connectivity index (χ4n) is 5.10. The molecule has 2 aliphatic heterocycles. The Morgan fingerprint density at radius 3 is 2.72 bits per heavy atom. The van der Waals surface area contributed by atoms with Gasteiger partial charge in [-0.15, -0.1) is 11.3 Å². The second-order valence-electron chi connectivity index (χ2n) is 8.72. The molecule has 3 aromatic rings. The predicted octanol–water partition coefficient (Wildman–Crippen LogP) is 3.55. The first-order valence-corrected chi connectivity index (χ1v) is 12.3. The van der Waals surface area contributed by atoms with Crippen LogP contribution in [0.4, 0.5) is 17.5 Å². The highest BCUT2D eigenvalue weighted by Crippen LogP contribution is 2.39. The van der Waals surface area contributed by atoms with E-state index in [1.54, 1.807) is 23.8 Å². The molecule has 6 rings (SSSR count). The number of hydrogen-bond donors (Lipinski definition) is 2. The Balaban J connectivity index is 1.24. The van der Waals surface area contributed by atoms with E-state index < -0.39 is 0 Å². The second-order valence-corrected chi connectivity index (χ2v) is 9.80. The van der Waals surface area contributed by atoms with Crippen LogP contribution in [0.2, 0.25) is 0 Å². The average Bonchev–Trinajstić information content (AvgIpc) is 3.47. The summed E-state index contributed by atoms with van der Waals surface area (Å²) in [7, 11) is 0. The Labute approximate surface area is 190 Å². The van der Waals surface area contributed by atoms with Crippen molar-refractivity contribution in [3.63, 3.8) is 0 Å². The maximum absolute atomic E-state index is 5.69. The molecule has 1 aliphatic carbocycles. The number of aromatic nitrogens is 3. The lowest BCUT2D eigenvalue weighted by Gasteiger charge is -2.39. The Morgan fingerprint density at radius 2 is 1.91 bits per heavy atom. The highest BCUT2D eigenvalue weighted by atomic mass is 32.1. The number of nitrogens with zero attached hydrogens (tertiary/aromatic N) is 4. The standard InChI is InChI=1S/C22H28N6O3S/c1-3-16(28-6-9-29-10-7-28)4-2-14(1)24-20-19-17-5-8-30-13-18(17)32-21(19)27-22(26-20)25-15-11-23-31-12-15/h11-12,14,16H,1-10,13H2,(H2,24,25,26,27)/t14-,16-. The second kappa shape index (κ2) is 8.93. The minimum Gasteiger partial charge on any atom is -0.379 e. The van der Waals surface area contributed by atoms with Crippen LogP contribution in [0, 0.1) is 0 Å². The van der Waals surface area contributed by atoms with E-state index in [1.807, 2.05) is 0 Å². The van der Waals surface area contributed by atoms with Gasteiger partial charge in [0.2, 0.25) is 5.95 Å². The molecular weight excluding hydrogens is 428 g/mol. The van der Waals surface area contributed by atoms with Crippen LogP contribution in [0.1, 0.15) is 36.1 Å². The first-order chi connectivity index (χ1) is 15.8. The smallest absolute Gasteiger partial charge is 0.230 e. The fraction of sp³-hybridized carbons (Fsp3) is 0.591. The number of anilines is 3. The van der Waals surface area contributed by atoms with Crippen molar-refractivity contribution >= 4 is 39.0 Å². The van der Waals surface area contributed by atoms with Gasteiger partial charge in [-0.3, -0.25) is 4.90 Å². The summed E-state index contributed by atoms with van der Waals surface area (Å²) in [4.78, 5) is 14.6. The van der Waals surface area contributed by atoms with Crippen molar-refractivity contribution in [2.75, 3.05) is 43.5 Å². The Bertz CT molecular complexity index is 1060. The number of thiophene rings is 1. The molecule has 0 amide bonds. The number of morpholine rings is 1. The third-order valence-corrected chi connectivity index (χ3v) is 7.85. The third kappa shape index (κ3) is 4.07. The van der Waals surface area contributed by atoms with Gasteiger partial charge in [0.05, 0.1) is 38.0 Å². The molecule has 5 heterocycles. The van der Waals surface area contributed by atoms with Crippen molar-refractivity contribution < 1.29 is 14.0 Å². The predicted molar refractivity (Wildman–Crippen MR) is 123 cm³/mol. The van der Waals surface area contributed by atoms with E-state index in [0.29, 0.717) is 24.6 Å². The van der Waals surface area contributed by atoms with E-state index in [1.165, 1.54) is 28.7 Å². The van der Waals surface area contributed by atoms with Crippen LogP contribution < -0.4 is 10.6 Å². The van der Waals surface area contributed by atoms with Gasteiger partial charge in [0.25, 0.3) is 0 Å². The number of fused-ring (bicyclic) bond motifs is 3. The van der Waals surface area contributed by atoms with Gasteiger partial charge in [-0.2, -0.15) is 4.98 Å². The summed E-state index contributed by atoms with van der Waals surface area (Å²) >= 11 is 1.71. The van der Waals surface area contributed by atoms with Gasteiger partial charge in [-0.1, -0.05) is 5.16 Å². The lowest BCUT2D eigenvalue weighted by Crippen LogP contribution is -2.46. The maximum atomic E-state index is 5.69. The molecule has 3 aromatic heterocycles. The maximum Gasteiger partial charge on any atom is 0.230 e. The first-order valence-electron chi connectivity index (χ1n) is 11.5. The normalized spacial score (nSPS) is 24.4. The number of nitrogens with one attached hydrogen (secondary N) is 2. The van der Waals surface area contributed by atoms with Gasteiger partial charge in [0.1, 0.15) is 22.6 Å². The van der Waals surface area contributed by atoms with Crippen LogP contribution in [0.3, 0.4) is 0 Å².